The van der Waals surface area contributed by atoms with Gasteiger partial charge in [0.2, 0.25) is 5.69 Å². The van der Waals surface area contributed by atoms with Crippen LogP contribution in [-0.2, 0) is 6.54 Å². The van der Waals surface area contributed by atoms with E-state index < -0.39 is 28.7 Å². The number of piperazine rings is 1. The molecule has 10 heteroatoms. The normalized spacial score (nSPS) is 14.3. The third-order valence-electron chi connectivity index (χ3n) is 5.61. The number of methoxy groups -OCH3 is 1. The van der Waals surface area contributed by atoms with Crippen LogP contribution in [-0.4, -0.2) is 70.4 Å². The third kappa shape index (κ3) is 4.56. The van der Waals surface area contributed by atoms with E-state index in [2.05, 4.69) is 10.00 Å². The minimum Gasteiger partial charge on any atom is -0.497 e. The summed E-state index contributed by atoms with van der Waals surface area (Å²) in [6, 6.07) is 12.5. The fraction of sp³-hybridized carbons (Fsp3) is 0.304. The summed E-state index contributed by atoms with van der Waals surface area (Å²) in [5.41, 5.74) is -1.63. The number of ether oxygens (including phenoxy) is 1. The molecule has 0 unspecified atom stereocenters. The average Bonchev–Trinajstić information content (AvgIpc) is 2.83. The van der Waals surface area contributed by atoms with Crippen molar-refractivity contribution in [2.45, 2.75) is 6.54 Å². The van der Waals surface area contributed by atoms with E-state index in [1.165, 1.54) is 30.2 Å². The summed E-state index contributed by atoms with van der Waals surface area (Å²) in [5, 5.41) is 4.03. The molecule has 0 atom stereocenters. The molecule has 4 rings (SSSR count). The van der Waals surface area contributed by atoms with Crippen LogP contribution in [0.25, 0.3) is 5.69 Å². The highest BCUT2D eigenvalue weighted by Crippen LogP contribution is 2.14. The molecule has 3 aromatic rings. The number of para-hydroxylation sites is 1. The van der Waals surface area contributed by atoms with Gasteiger partial charge in [0.15, 0.2) is 0 Å². The van der Waals surface area contributed by atoms with E-state index in [-0.39, 0.29) is 12.2 Å². The van der Waals surface area contributed by atoms with Crippen molar-refractivity contribution in [2.24, 2.45) is 0 Å². The molecule has 1 aliphatic heterocycles. The van der Waals surface area contributed by atoms with E-state index in [0.717, 1.165) is 9.25 Å². The maximum atomic E-state index is 14.5. The lowest BCUT2D eigenvalue weighted by Crippen LogP contribution is -2.51. The number of aromatic nitrogens is 3. The number of halogens is 1. The Morgan fingerprint density at radius 1 is 1.06 bits per heavy atom. The van der Waals surface area contributed by atoms with Gasteiger partial charge in [0.05, 0.1) is 13.7 Å². The Bertz CT molecular complexity index is 1290. The molecule has 0 saturated carbocycles. The number of nitrogens with zero attached hydrogens (tertiary/aromatic N) is 5. The van der Waals surface area contributed by atoms with Gasteiger partial charge < -0.3 is 14.5 Å². The lowest BCUT2D eigenvalue weighted by atomic mass is 10.2. The summed E-state index contributed by atoms with van der Waals surface area (Å²) < 4.78 is 21.4. The Kier molecular flexibility index (Phi) is 6.36. The molecule has 0 aliphatic carbocycles. The summed E-state index contributed by atoms with van der Waals surface area (Å²) >= 11 is 0. The number of hydrogen-bond donors (Lipinski definition) is 0. The van der Waals surface area contributed by atoms with E-state index in [0.29, 0.717) is 37.5 Å². The molecule has 1 saturated heterocycles. The van der Waals surface area contributed by atoms with Gasteiger partial charge in [0, 0.05) is 26.2 Å². The Morgan fingerprint density at radius 2 is 1.79 bits per heavy atom. The van der Waals surface area contributed by atoms with Crippen LogP contribution in [0.3, 0.4) is 0 Å². The number of carbonyl (C=O) groups excluding carboxylic acids is 1. The van der Waals surface area contributed by atoms with Crippen molar-refractivity contribution in [1.82, 2.24) is 24.1 Å². The van der Waals surface area contributed by atoms with E-state index in [9.17, 15) is 18.8 Å². The van der Waals surface area contributed by atoms with Crippen molar-refractivity contribution in [3.05, 3.63) is 86.4 Å². The van der Waals surface area contributed by atoms with E-state index in [1.54, 1.807) is 30.3 Å². The van der Waals surface area contributed by atoms with Gasteiger partial charge in [-0.25, -0.2) is 9.18 Å². The number of amides is 1. The number of benzene rings is 2. The molecule has 1 aliphatic rings. The monoisotopic (exact) mass is 453 g/mol. The smallest absolute Gasteiger partial charge is 0.352 e. The van der Waals surface area contributed by atoms with Crippen molar-refractivity contribution in [3.63, 3.8) is 0 Å². The summed E-state index contributed by atoms with van der Waals surface area (Å²) in [5.74, 6) is -0.730. The minimum atomic E-state index is -0.845. The van der Waals surface area contributed by atoms with Crippen LogP contribution in [0.4, 0.5) is 4.39 Å². The van der Waals surface area contributed by atoms with Crippen molar-refractivity contribution in [2.75, 3.05) is 40.3 Å². The first-order valence-electron chi connectivity index (χ1n) is 10.5. The molecule has 2 heterocycles. The molecule has 9 nitrogen and oxygen atoms in total. The highest BCUT2D eigenvalue weighted by molar-refractivity contribution is 5.92. The van der Waals surface area contributed by atoms with Crippen molar-refractivity contribution in [1.29, 1.82) is 0 Å². The van der Waals surface area contributed by atoms with Crippen LogP contribution >= 0.6 is 0 Å². The summed E-state index contributed by atoms with van der Waals surface area (Å²) in [6.07, 6.45) is 0. The van der Waals surface area contributed by atoms with Gasteiger partial charge in [-0.2, -0.15) is 9.78 Å². The van der Waals surface area contributed by atoms with Gasteiger partial charge >= 0.3 is 5.69 Å². The SMILES string of the molecule is COc1cccc(Cn2c(=O)c(C(=O)N3CCN(C)CC3)nn(-c3ccccc3F)c2=O)c1. The zero-order chi connectivity index (χ0) is 23.5. The average molecular weight is 453 g/mol. The second-order valence-electron chi connectivity index (χ2n) is 7.83. The first-order valence-corrected chi connectivity index (χ1v) is 10.5. The second kappa shape index (κ2) is 9.37. The molecule has 2 aromatic carbocycles. The topological polar surface area (TPSA) is 89.7 Å². The zero-order valence-electron chi connectivity index (χ0n) is 18.4. The number of hydrogen-bond acceptors (Lipinski definition) is 6. The molecule has 172 valence electrons. The van der Waals surface area contributed by atoms with Gasteiger partial charge in [-0.05, 0) is 36.9 Å². The van der Waals surface area contributed by atoms with Gasteiger partial charge in [-0.3, -0.25) is 14.2 Å². The molecular formula is C23H24FN5O4. The number of carbonyl (C=O) groups is 1. The molecular weight excluding hydrogens is 429 g/mol. The van der Waals surface area contributed by atoms with Gasteiger partial charge in [0.1, 0.15) is 17.3 Å². The van der Waals surface area contributed by atoms with E-state index >= 15 is 0 Å². The number of rotatable bonds is 5. The van der Waals surface area contributed by atoms with Crippen LogP contribution < -0.4 is 16.0 Å². The molecule has 0 N–H and O–H groups in total. The quantitative estimate of drug-likeness (QED) is 0.572. The first-order chi connectivity index (χ1) is 15.9. The Balaban J connectivity index is 1.86. The van der Waals surface area contributed by atoms with E-state index in [4.69, 9.17) is 4.74 Å². The van der Waals surface area contributed by atoms with Gasteiger partial charge in [0.25, 0.3) is 11.5 Å². The summed E-state index contributed by atoms with van der Waals surface area (Å²) in [6.45, 7) is 2.01. The largest absolute Gasteiger partial charge is 0.497 e. The predicted molar refractivity (Wildman–Crippen MR) is 120 cm³/mol. The molecule has 0 bridgehead atoms. The van der Waals surface area contributed by atoms with Crippen LogP contribution in [0.1, 0.15) is 16.1 Å². The van der Waals surface area contributed by atoms with Gasteiger partial charge in [-0.15, -0.1) is 0 Å². The zero-order valence-corrected chi connectivity index (χ0v) is 18.4. The van der Waals surface area contributed by atoms with Crippen LogP contribution in [0.5, 0.6) is 5.75 Å². The van der Waals surface area contributed by atoms with Crippen LogP contribution in [0, 0.1) is 5.82 Å². The molecule has 1 amide bonds. The molecule has 0 spiro atoms. The highest BCUT2D eigenvalue weighted by Gasteiger charge is 2.27. The lowest BCUT2D eigenvalue weighted by molar-refractivity contribution is 0.0652. The second-order valence-corrected chi connectivity index (χ2v) is 7.83. The fourth-order valence-electron chi connectivity index (χ4n) is 3.68. The summed E-state index contributed by atoms with van der Waals surface area (Å²) in [7, 11) is 3.45. The molecule has 0 radical (unpaired) electrons. The standard InChI is InChI=1S/C23H24FN5O4/c1-26-10-12-27(13-11-26)21(30)20-22(31)28(15-16-6-5-7-17(14-16)33-2)23(32)29(25-20)19-9-4-3-8-18(19)24/h3-9,14H,10-13,15H2,1-2H3. The maximum Gasteiger partial charge on any atom is 0.352 e. The van der Waals surface area contributed by atoms with Crippen LogP contribution in [0.2, 0.25) is 0 Å². The molecule has 1 fully saturated rings. The molecule has 33 heavy (non-hydrogen) atoms. The highest BCUT2D eigenvalue weighted by atomic mass is 19.1. The number of likely N-dealkylation sites (N-methyl/N-ethyl adjacent to an activating group) is 1. The first kappa shape index (κ1) is 22.4. The molecule has 1 aromatic heterocycles. The Labute approximate surface area is 189 Å². The van der Waals surface area contributed by atoms with Crippen LogP contribution in [0.15, 0.2) is 58.1 Å². The third-order valence-corrected chi connectivity index (χ3v) is 5.61. The predicted octanol–water partition coefficient (Wildman–Crippen LogP) is 0.978. The maximum absolute atomic E-state index is 14.5. The Hall–Kier alpha value is -3.79. The Morgan fingerprint density at radius 3 is 2.48 bits per heavy atom. The van der Waals surface area contributed by atoms with Crippen molar-refractivity contribution in [3.8, 4) is 11.4 Å². The fourth-order valence-corrected chi connectivity index (χ4v) is 3.68. The summed E-state index contributed by atoms with van der Waals surface area (Å²) in [4.78, 5) is 43.3. The van der Waals surface area contributed by atoms with E-state index in [1.807, 2.05) is 7.05 Å². The minimum absolute atomic E-state index is 0.130. The van der Waals surface area contributed by atoms with Gasteiger partial charge in [-0.1, -0.05) is 24.3 Å². The lowest BCUT2D eigenvalue weighted by Gasteiger charge is -2.32. The van der Waals surface area contributed by atoms with Crippen molar-refractivity contribution >= 4 is 5.91 Å². The van der Waals surface area contributed by atoms with Crippen molar-refractivity contribution < 1.29 is 13.9 Å².